The Morgan fingerprint density at radius 2 is 2.18 bits per heavy atom. The van der Waals surface area contributed by atoms with Crippen molar-refractivity contribution in [2.75, 3.05) is 6.54 Å². The maximum Gasteiger partial charge on any atom is 0.255 e. The molecule has 0 atom stereocenters. The van der Waals surface area contributed by atoms with Crippen molar-refractivity contribution >= 4 is 0 Å². The van der Waals surface area contributed by atoms with Gasteiger partial charge in [-0.25, -0.2) is 0 Å². The van der Waals surface area contributed by atoms with Crippen molar-refractivity contribution in [2.24, 2.45) is 0 Å². The summed E-state index contributed by atoms with van der Waals surface area (Å²) in [7, 11) is 0. The van der Waals surface area contributed by atoms with E-state index in [-0.39, 0.29) is 11.6 Å². The van der Waals surface area contributed by atoms with Crippen molar-refractivity contribution < 1.29 is 0 Å². The molecule has 2 rings (SSSR count). The second kappa shape index (κ2) is 5.05. The molecular formula is C14H22N2O. The lowest BCUT2D eigenvalue weighted by Gasteiger charge is -2.18. The van der Waals surface area contributed by atoms with Gasteiger partial charge in [0.05, 0.1) is 0 Å². The molecule has 0 bridgehead atoms. The van der Waals surface area contributed by atoms with E-state index in [0.29, 0.717) is 6.54 Å². The van der Waals surface area contributed by atoms with Gasteiger partial charge in [0.15, 0.2) is 0 Å². The lowest BCUT2D eigenvalue weighted by molar-refractivity contribution is 0.545. The highest BCUT2D eigenvalue weighted by Gasteiger charge is 2.19. The number of pyridine rings is 1. The van der Waals surface area contributed by atoms with Gasteiger partial charge < -0.3 is 9.88 Å². The zero-order valence-corrected chi connectivity index (χ0v) is 11.0. The van der Waals surface area contributed by atoms with Crippen molar-refractivity contribution in [2.45, 2.75) is 52.6 Å². The Kier molecular flexibility index (Phi) is 3.67. The molecule has 0 aromatic carbocycles. The standard InChI is InChI=1S/C14H22N2O/c1-4-15-9-12-8-11-6-5-7-13(11)16(10(2)3)14(12)17/h8,10,15H,4-7,9H2,1-3H3. The number of aromatic nitrogens is 1. The zero-order valence-electron chi connectivity index (χ0n) is 11.0. The van der Waals surface area contributed by atoms with Crippen LogP contribution >= 0.6 is 0 Å². The van der Waals surface area contributed by atoms with Crippen LogP contribution in [-0.4, -0.2) is 11.1 Å². The van der Waals surface area contributed by atoms with E-state index < -0.39 is 0 Å². The molecule has 3 nitrogen and oxygen atoms in total. The number of hydrogen-bond donors (Lipinski definition) is 1. The van der Waals surface area contributed by atoms with Gasteiger partial charge >= 0.3 is 0 Å². The number of nitrogens with one attached hydrogen (secondary N) is 1. The van der Waals surface area contributed by atoms with E-state index in [1.165, 1.54) is 17.7 Å². The van der Waals surface area contributed by atoms with Crippen LogP contribution in [0.4, 0.5) is 0 Å². The lowest BCUT2D eigenvalue weighted by Crippen LogP contribution is -2.30. The first-order chi connectivity index (χ1) is 8.15. The number of rotatable bonds is 4. The molecule has 1 aromatic heterocycles. The van der Waals surface area contributed by atoms with Crippen molar-refractivity contribution in [1.29, 1.82) is 0 Å². The molecule has 94 valence electrons. The summed E-state index contributed by atoms with van der Waals surface area (Å²) >= 11 is 0. The highest BCUT2D eigenvalue weighted by Crippen LogP contribution is 2.23. The molecule has 1 N–H and O–H groups in total. The summed E-state index contributed by atoms with van der Waals surface area (Å²) in [6, 6.07) is 2.38. The lowest BCUT2D eigenvalue weighted by atomic mass is 10.1. The average molecular weight is 234 g/mol. The molecule has 0 amide bonds. The van der Waals surface area contributed by atoms with Crippen LogP contribution < -0.4 is 10.9 Å². The predicted molar refractivity (Wildman–Crippen MR) is 70.5 cm³/mol. The van der Waals surface area contributed by atoms with Gasteiger partial charge in [-0.2, -0.15) is 0 Å². The third-order valence-corrected chi connectivity index (χ3v) is 3.44. The molecule has 0 saturated carbocycles. The highest BCUT2D eigenvalue weighted by atomic mass is 16.1. The molecule has 1 aliphatic carbocycles. The van der Waals surface area contributed by atoms with Gasteiger partial charge in [0.2, 0.25) is 0 Å². The predicted octanol–water partition coefficient (Wildman–Crippen LogP) is 2.03. The molecule has 1 aromatic rings. The maximum atomic E-state index is 12.4. The van der Waals surface area contributed by atoms with Crippen LogP contribution in [0.25, 0.3) is 0 Å². The number of hydrogen-bond acceptors (Lipinski definition) is 2. The highest BCUT2D eigenvalue weighted by molar-refractivity contribution is 5.31. The van der Waals surface area contributed by atoms with Gasteiger partial charge in [-0.05, 0) is 51.3 Å². The number of aryl methyl sites for hydroxylation is 1. The van der Waals surface area contributed by atoms with Crippen molar-refractivity contribution in [3.05, 3.63) is 33.2 Å². The molecule has 1 heterocycles. The first-order valence-electron chi connectivity index (χ1n) is 6.62. The first kappa shape index (κ1) is 12.4. The molecule has 0 radical (unpaired) electrons. The molecule has 0 aliphatic heterocycles. The third-order valence-electron chi connectivity index (χ3n) is 3.44. The minimum absolute atomic E-state index is 0.196. The fourth-order valence-corrected chi connectivity index (χ4v) is 2.66. The van der Waals surface area contributed by atoms with Crippen LogP contribution in [0.1, 0.15) is 50.1 Å². The molecule has 0 spiro atoms. The Morgan fingerprint density at radius 3 is 2.82 bits per heavy atom. The Morgan fingerprint density at radius 1 is 1.41 bits per heavy atom. The molecule has 0 saturated heterocycles. The van der Waals surface area contributed by atoms with E-state index >= 15 is 0 Å². The van der Waals surface area contributed by atoms with Gasteiger partial charge in [-0.15, -0.1) is 0 Å². The van der Waals surface area contributed by atoms with E-state index in [4.69, 9.17) is 0 Å². The third kappa shape index (κ3) is 2.29. The summed E-state index contributed by atoms with van der Waals surface area (Å²) in [4.78, 5) is 12.4. The van der Waals surface area contributed by atoms with E-state index in [0.717, 1.165) is 24.9 Å². The molecule has 0 fully saturated rings. The van der Waals surface area contributed by atoms with Crippen LogP contribution in [0.3, 0.4) is 0 Å². The van der Waals surface area contributed by atoms with E-state index in [1.54, 1.807) is 0 Å². The van der Waals surface area contributed by atoms with Crippen molar-refractivity contribution in [3.8, 4) is 0 Å². The molecule has 1 aliphatic rings. The smallest absolute Gasteiger partial charge is 0.255 e. The maximum absolute atomic E-state index is 12.4. The van der Waals surface area contributed by atoms with Gasteiger partial charge in [0, 0.05) is 23.8 Å². The molecule has 0 unspecified atom stereocenters. The Balaban J connectivity index is 2.49. The van der Waals surface area contributed by atoms with Crippen LogP contribution in [0.2, 0.25) is 0 Å². The molecule has 3 heteroatoms. The quantitative estimate of drug-likeness (QED) is 0.865. The van der Waals surface area contributed by atoms with E-state index in [9.17, 15) is 4.79 Å². The zero-order chi connectivity index (χ0) is 12.4. The summed E-state index contributed by atoms with van der Waals surface area (Å²) in [5.74, 6) is 0. The topological polar surface area (TPSA) is 34.0 Å². The second-order valence-corrected chi connectivity index (χ2v) is 5.04. The minimum Gasteiger partial charge on any atom is -0.313 e. The minimum atomic E-state index is 0.196. The van der Waals surface area contributed by atoms with Crippen molar-refractivity contribution in [1.82, 2.24) is 9.88 Å². The fourth-order valence-electron chi connectivity index (χ4n) is 2.66. The summed E-state index contributed by atoms with van der Waals surface area (Å²) in [5, 5.41) is 3.25. The van der Waals surface area contributed by atoms with Crippen molar-refractivity contribution in [3.63, 3.8) is 0 Å². The number of fused-ring (bicyclic) bond motifs is 1. The van der Waals surface area contributed by atoms with Crippen LogP contribution in [0, 0.1) is 0 Å². The fraction of sp³-hybridized carbons (Fsp3) is 0.643. The van der Waals surface area contributed by atoms with E-state index in [1.807, 2.05) is 4.57 Å². The largest absolute Gasteiger partial charge is 0.313 e. The Bertz CT molecular complexity index is 460. The number of nitrogens with zero attached hydrogens (tertiary/aromatic N) is 1. The first-order valence-corrected chi connectivity index (χ1v) is 6.62. The second-order valence-electron chi connectivity index (χ2n) is 5.04. The SMILES string of the molecule is CCNCc1cc2c(n(C(C)C)c1=O)CCC2. The molecular weight excluding hydrogens is 212 g/mol. The summed E-state index contributed by atoms with van der Waals surface area (Å²) < 4.78 is 2.00. The Hall–Kier alpha value is -1.09. The average Bonchev–Trinajstić information content (AvgIpc) is 2.73. The summed E-state index contributed by atoms with van der Waals surface area (Å²) in [6.45, 7) is 7.84. The Labute approximate surface area is 103 Å². The summed E-state index contributed by atoms with van der Waals surface area (Å²) in [5.41, 5.74) is 3.76. The van der Waals surface area contributed by atoms with Gasteiger partial charge in [0.25, 0.3) is 5.56 Å². The van der Waals surface area contributed by atoms with E-state index in [2.05, 4.69) is 32.2 Å². The molecule has 17 heavy (non-hydrogen) atoms. The van der Waals surface area contributed by atoms with Crippen LogP contribution in [0.15, 0.2) is 10.9 Å². The van der Waals surface area contributed by atoms with Crippen LogP contribution in [-0.2, 0) is 19.4 Å². The summed E-state index contributed by atoms with van der Waals surface area (Å²) in [6.07, 6.45) is 3.37. The normalized spacial score (nSPS) is 14.4. The van der Waals surface area contributed by atoms with Gasteiger partial charge in [-0.3, -0.25) is 4.79 Å². The van der Waals surface area contributed by atoms with Gasteiger partial charge in [-0.1, -0.05) is 6.92 Å². The van der Waals surface area contributed by atoms with Crippen LogP contribution in [0.5, 0.6) is 0 Å². The monoisotopic (exact) mass is 234 g/mol. The van der Waals surface area contributed by atoms with Gasteiger partial charge in [0.1, 0.15) is 0 Å².